The molecule has 1 heterocycles. The van der Waals surface area contributed by atoms with Crippen LogP contribution in [-0.4, -0.2) is 37.0 Å². The maximum Gasteiger partial charge on any atom is 0.321 e. The summed E-state index contributed by atoms with van der Waals surface area (Å²) in [5, 5.41) is 6.03. The fourth-order valence-electron chi connectivity index (χ4n) is 2.24. The zero-order valence-corrected chi connectivity index (χ0v) is 12.3. The molecule has 0 bridgehead atoms. The Hall–Kier alpha value is -1.75. The van der Waals surface area contributed by atoms with E-state index in [4.69, 9.17) is 11.6 Å². The normalized spacial score (nSPS) is 17.9. The Morgan fingerprint density at radius 3 is 2.80 bits per heavy atom. The molecular weight excluding hydrogens is 278 g/mol. The summed E-state index contributed by atoms with van der Waals surface area (Å²) < 4.78 is 0. The molecule has 1 aliphatic heterocycles. The highest BCUT2D eigenvalue weighted by molar-refractivity contribution is 6.31. The van der Waals surface area contributed by atoms with Crippen LogP contribution in [0.2, 0.25) is 5.02 Å². The highest BCUT2D eigenvalue weighted by atomic mass is 35.5. The van der Waals surface area contributed by atoms with E-state index in [1.807, 2.05) is 19.1 Å². The highest BCUT2D eigenvalue weighted by Crippen LogP contribution is 2.22. The van der Waals surface area contributed by atoms with Crippen LogP contribution in [0.1, 0.15) is 12.0 Å². The number of nitrogens with zero attached hydrogens (tertiary/aromatic N) is 1. The number of halogens is 1. The molecule has 5 nitrogen and oxygen atoms in total. The third-order valence-corrected chi connectivity index (χ3v) is 3.92. The van der Waals surface area contributed by atoms with Crippen LogP contribution >= 0.6 is 11.6 Å². The van der Waals surface area contributed by atoms with Crippen molar-refractivity contribution >= 4 is 29.2 Å². The van der Waals surface area contributed by atoms with Gasteiger partial charge in [-0.1, -0.05) is 17.7 Å². The van der Waals surface area contributed by atoms with Gasteiger partial charge in [0.2, 0.25) is 5.91 Å². The van der Waals surface area contributed by atoms with Crippen LogP contribution < -0.4 is 10.6 Å². The molecule has 2 rings (SSSR count). The van der Waals surface area contributed by atoms with Crippen LogP contribution in [0, 0.1) is 12.8 Å². The van der Waals surface area contributed by atoms with Crippen molar-refractivity contribution in [1.82, 2.24) is 10.2 Å². The Kier molecular flexibility index (Phi) is 4.49. The van der Waals surface area contributed by atoms with Gasteiger partial charge in [0.05, 0.1) is 5.92 Å². The fourth-order valence-corrected chi connectivity index (χ4v) is 2.42. The van der Waals surface area contributed by atoms with E-state index >= 15 is 0 Å². The standard InChI is InChI=1S/C14H18ClN3O2/c1-9-3-4-11(7-12(9)15)17-14(20)18-6-5-10(8-18)13(19)16-2/h3-4,7,10H,5-6,8H2,1-2H3,(H,16,19)(H,17,20). The Bertz CT molecular complexity index is 533. The summed E-state index contributed by atoms with van der Waals surface area (Å²) in [5.41, 5.74) is 1.62. The van der Waals surface area contributed by atoms with E-state index in [2.05, 4.69) is 10.6 Å². The van der Waals surface area contributed by atoms with E-state index in [0.717, 1.165) is 5.56 Å². The van der Waals surface area contributed by atoms with Gasteiger partial charge in [0.15, 0.2) is 0 Å². The Morgan fingerprint density at radius 2 is 2.15 bits per heavy atom. The summed E-state index contributed by atoms with van der Waals surface area (Å²) in [6, 6.07) is 5.19. The van der Waals surface area contributed by atoms with Gasteiger partial charge in [-0.2, -0.15) is 0 Å². The molecule has 0 aliphatic carbocycles. The minimum atomic E-state index is -0.198. The molecule has 1 unspecified atom stereocenters. The molecule has 0 saturated carbocycles. The number of benzene rings is 1. The molecular formula is C14H18ClN3O2. The van der Waals surface area contributed by atoms with Crippen molar-refractivity contribution in [1.29, 1.82) is 0 Å². The number of rotatable bonds is 2. The minimum absolute atomic E-state index is 0.0151. The topological polar surface area (TPSA) is 61.4 Å². The van der Waals surface area contributed by atoms with Crippen molar-refractivity contribution in [3.63, 3.8) is 0 Å². The van der Waals surface area contributed by atoms with E-state index in [0.29, 0.717) is 30.2 Å². The van der Waals surface area contributed by atoms with Gasteiger partial charge in [-0.05, 0) is 31.0 Å². The van der Waals surface area contributed by atoms with Crippen LogP contribution in [-0.2, 0) is 4.79 Å². The number of aryl methyl sites for hydroxylation is 1. The van der Waals surface area contributed by atoms with Crippen LogP contribution in [0.3, 0.4) is 0 Å². The molecule has 0 aromatic heterocycles. The molecule has 2 N–H and O–H groups in total. The van der Waals surface area contributed by atoms with E-state index in [-0.39, 0.29) is 17.9 Å². The van der Waals surface area contributed by atoms with Gasteiger partial charge in [0.1, 0.15) is 0 Å². The molecule has 1 aliphatic rings. The van der Waals surface area contributed by atoms with Gasteiger partial charge in [-0.25, -0.2) is 4.79 Å². The molecule has 6 heteroatoms. The molecule has 1 atom stereocenters. The smallest absolute Gasteiger partial charge is 0.321 e. The number of carbonyl (C=O) groups excluding carboxylic acids is 2. The summed E-state index contributed by atoms with van der Waals surface area (Å²) in [6.07, 6.45) is 0.696. The second-order valence-corrected chi connectivity index (χ2v) is 5.35. The largest absolute Gasteiger partial charge is 0.359 e. The second-order valence-electron chi connectivity index (χ2n) is 4.94. The molecule has 0 radical (unpaired) electrons. The first-order valence-corrected chi connectivity index (χ1v) is 6.92. The predicted octanol–water partition coefficient (Wildman–Crippen LogP) is 2.25. The lowest BCUT2D eigenvalue weighted by molar-refractivity contribution is -0.124. The molecule has 1 saturated heterocycles. The molecule has 1 fully saturated rings. The maximum absolute atomic E-state index is 12.1. The molecule has 0 spiro atoms. The number of carbonyl (C=O) groups is 2. The van der Waals surface area contributed by atoms with Crippen molar-refractivity contribution in [3.05, 3.63) is 28.8 Å². The first kappa shape index (κ1) is 14.7. The van der Waals surface area contributed by atoms with Gasteiger partial charge >= 0.3 is 6.03 Å². The summed E-state index contributed by atoms with van der Waals surface area (Å²) in [4.78, 5) is 25.3. The molecule has 1 aromatic carbocycles. The quantitative estimate of drug-likeness (QED) is 0.879. The van der Waals surface area contributed by atoms with E-state index in [1.54, 1.807) is 18.0 Å². The lowest BCUT2D eigenvalue weighted by Gasteiger charge is -2.17. The lowest BCUT2D eigenvalue weighted by Crippen LogP contribution is -2.35. The van der Waals surface area contributed by atoms with Gasteiger partial charge in [-0.15, -0.1) is 0 Å². The number of urea groups is 1. The number of hydrogen-bond donors (Lipinski definition) is 2. The van der Waals surface area contributed by atoms with Crippen molar-refractivity contribution in [3.8, 4) is 0 Å². The van der Waals surface area contributed by atoms with E-state index < -0.39 is 0 Å². The van der Waals surface area contributed by atoms with Crippen LogP contribution in [0.5, 0.6) is 0 Å². The first-order valence-electron chi connectivity index (χ1n) is 6.55. The average Bonchev–Trinajstić information content (AvgIpc) is 2.92. The number of amides is 3. The maximum atomic E-state index is 12.1. The van der Waals surface area contributed by atoms with Crippen molar-refractivity contribution in [2.45, 2.75) is 13.3 Å². The summed E-state index contributed by atoms with van der Waals surface area (Å²) >= 11 is 6.02. The van der Waals surface area contributed by atoms with E-state index in [1.165, 1.54) is 0 Å². The van der Waals surface area contributed by atoms with Crippen molar-refractivity contribution in [2.24, 2.45) is 5.92 Å². The second kappa shape index (κ2) is 6.13. The third-order valence-electron chi connectivity index (χ3n) is 3.52. The minimum Gasteiger partial charge on any atom is -0.359 e. The van der Waals surface area contributed by atoms with Crippen LogP contribution in [0.4, 0.5) is 10.5 Å². The monoisotopic (exact) mass is 295 g/mol. The zero-order chi connectivity index (χ0) is 14.7. The van der Waals surface area contributed by atoms with Crippen LogP contribution in [0.25, 0.3) is 0 Å². The summed E-state index contributed by atoms with van der Waals surface area (Å²) in [6.45, 7) is 2.94. The lowest BCUT2D eigenvalue weighted by atomic mass is 10.1. The zero-order valence-electron chi connectivity index (χ0n) is 11.6. The summed E-state index contributed by atoms with van der Waals surface area (Å²) in [7, 11) is 1.61. The number of likely N-dealkylation sites (tertiary alicyclic amines) is 1. The Morgan fingerprint density at radius 1 is 1.40 bits per heavy atom. The highest BCUT2D eigenvalue weighted by Gasteiger charge is 2.30. The SMILES string of the molecule is CNC(=O)C1CCN(C(=O)Nc2ccc(C)c(Cl)c2)C1. The van der Waals surface area contributed by atoms with Crippen LogP contribution in [0.15, 0.2) is 18.2 Å². The van der Waals surface area contributed by atoms with E-state index in [9.17, 15) is 9.59 Å². The van der Waals surface area contributed by atoms with Gasteiger partial charge in [-0.3, -0.25) is 4.79 Å². The number of hydrogen-bond acceptors (Lipinski definition) is 2. The van der Waals surface area contributed by atoms with Gasteiger partial charge < -0.3 is 15.5 Å². The Labute approximate surface area is 123 Å². The third kappa shape index (κ3) is 3.22. The molecule has 108 valence electrons. The van der Waals surface area contributed by atoms with Crippen molar-refractivity contribution < 1.29 is 9.59 Å². The number of anilines is 1. The number of nitrogens with one attached hydrogen (secondary N) is 2. The average molecular weight is 296 g/mol. The van der Waals surface area contributed by atoms with Gasteiger partial charge in [0, 0.05) is 30.8 Å². The predicted molar refractivity (Wildman–Crippen MR) is 79.0 cm³/mol. The Balaban J connectivity index is 1.96. The first-order chi connectivity index (χ1) is 9.51. The summed E-state index contributed by atoms with van der Waals surface area (Å²) in [5.74, 6) is -0.133. The molecule has 1 aromatic rings. The molecule has 20 heavy (non-hydrogen) atoms. The van der Waals surface area contributed by atoms with Gasteiger partial charge in [0.25, 0.3) is 0 Å². The van der Waals surface area contributed by atoms with Crippen molar-refractivity contribution in [2.75, 3.05) is 25.5 Å². The molecule has 3 amide bonds. The fraction of sp³-hybridized carbons (Fsp3) is 0.429.